The fourth-order valence-electron chi connectivity index (χ4n) is 3.86. The van der Waals surface area contributed by atoms with Gasteiger partial charge in [-0.05, 0) is 37.8 Å². The normalized spacial score (nSPS) is 16.1. The minimum Gasteiger partial charge on any atom is -0.475 e. The van der Waals surface area contributed by atoms with Gasteiger partial charge in [-0.15, -0.1) is 0 Å². The number of carboxylic acids is 1. The Balaban J connectivity index is 0.000000509. The Hall–Kier alpha value is -2.42. The highest BCUT2D eigenvalue weighted by Gasteiger charge is 2.38. The Morgan fingerprint density at radius 3 is 2.26 bits per heavy atom. The van der Waals surface area contributed by atoms with Crippen molar-refractivity contribution < 1.29 is 27.6 Å². The van der Waals surface area contributed by atoms with Crippen LogP contribution in [0.2, 0.25) is 0 Å². The lowest BCUT2D eigenvalue weighted by Gasteiger charge is -2.18. The number of carbonyl (C=O) groups is 1. The molecule has 1 aliphatic heterocycles. The number of halogens is 3. The molecule has 1 saturated heterocycles. The molecule has 0 unspecified atom stereocenters. The zero-order chi connectivity index (χ0) is 24.8. The molecular weight excluding hydrogens is 447 g/mol. The minimum absolute atomic E-state index is 0.362. The Labute approximate surface area is 199 Å². The molecule has 0 saturated carbocycles. The van der Waals surface area contributed by atoms with E-state index in [1.165, 1.54) is 69.8 Å². The molecule has 2 heterocycles. The van der Waals surface area contributed by atoms with E-state index in [1.54, 1.807) is 0 Å². The standard InChI is InChI=1S/C23H35N3O.C2HF3O2/c1-2-3-4-5-6-7-8-9-11-19-13-15-20(16-14-19)22-25-23(27-26-22)21-12-10-17-24-18-21;3-2(4,5)1(6)7/h13-16,21,24H,2-12,17-18H2,1H3;(H,6,7)/t21-;/m0./s1. The summed E-state index contributed by atoms with van der Waals surface area (Å²) < 4.78 is 37.3. The summed E-state index contributed by atoms with van der Waals surface area (Å²) >= 11 is 0. The first-order chi connectivity index (χ1) is 16.3. The van der Waals surface area contributed by atoms with Gasteiger partial charge in [0.2, 0.25) is 11.7 Å². The van der Waals surface area contributed by atoms with E-state index < -0.39 is 12.1 Å². The van der Waals surface area contributed by atoms with Crippen LogP contribution in [-0.2, 0) is 11.2 Å². The molecule has 0 aliphatic carbocycles. The van der Waals surface area contributed by atoms with Crippen LogP contribution in [0.4, 0.5) is 13.2 Å². The summed E-state index contributed by atoms with van der Waals surface area (Å²) in [5, 5.41) is 14.7. The fraction of sp³-hybridized carbons (Fsp3) is 0.640. The molecule has 1 aromatic heterocycles. The highest BCUT2D eigenvalue weighted by atomic mass is 19.4. The number of piperidine rings is 1. The topological polar surface area (TPSA) is 88.3 Å². The van der Waals surface area contributed by atoms with Crippen LogP contribution in [-0.4, -0.2) is 40.5 Å². The zero-order valence-corrected chi connectivity index (χ0v) is 19.9. The molecule has 34 heavy (non-hydrogen) atoms. The van der Waals surface area contributed by atoms with Gasteiger partial charge in [-0.1, -0.05) is 81.3 Å². The van der Waals surface area contributed by atoms with Gasteiger partial charge < -0.3 is 14.9 Å². The van der Waals surface area contributed by atoms with E-state index in [2.05, 4.69) is 46.6 Å². The van der Waals surface area contributed by atoms with E-state index in [1.807, 2.05) is 0 Å². The number of aromatic nitrogens is 2. The van der Waals surface area contributed by atoms with E-state index in [-0.39, 0.29) is 0 Å². The first-order valence-electron chi connectivity index (χ1n) is 12.2. The Morgan fingerprint density at radius 1 is 1.09 bits per heavy atom. The number of carboxylic acid groups (broad SMARTS) is 1. The molecule has 9 heteroatoms. The van der Waals surface area contributed by atoms with E-state index in [0.717, 1.165) is 31.0 Å². The number of aryl methyl sites for hydroxylation is 1. The number of rotatable bonds is 11. The Bertz CT molecular complexity index is 832. The average Bonchev–Trinajstić information content (AvgIpc) is 3.32. The molecule has 0 radical (unpaired) electrons. The molecule has 0 spiro atoms. The Kier molecular flexibility index (Phi) is 12.1. The molecule has 2 N–H and O–H groups in total. The van der Waals surface area contributed by atoms with E-state index in [4.69, 9.17) is 14.4 Å². The molecule has 0 bridgehead atoms. The molecule has 2 aromatic rings. The summed E-state index contributed by atoms with van der Waals surface area (Å²) in [6.07, 6.45) is 9.34. The van der Waals surface area contributed by atoms with Crippen LogP contribution in [0.5, 0.6) is 0 Å². The van der Waals surface area contributed by atoms with E-state index >= 15 is 0 Å². The van der Waals surface area contributed by atoms with Gasteiger partial charge in [-0.3, -0.25) is 0 Å². The number of aliphatic carboxylic acids is 1. The largest absolute Gasteiger partial charge is 0.490 e. The van der Waals surface area contributed by atoms with Crippen LogP contribution in [0.25, 0.3) is 11.4 Å². The summed E-state index contributed by atoms with van der Waals surface area (Å²) in [5.74, 6) is -0.900. The van der Waals surface area contributed by atoms with Crippen LogP contribution in [0, 0.1) is 0 Å². The first kappa shape index (κ1) is 27.8. The zero-order valence-electron chi connectivity index (χ0n) is 19.9. The lowest BCUT2D eigenvalue weighted by Crippen LogP contribution is -2.28. The Morgan fingerprint density at radius 2 is 1.71 bits per heavy atom. The van der Waals surface area contributed by atoms with Gasteiger partial charge in [0.1, 0.15) is 0 Å². The van der Waals surface area contributed by atoms with Gasteiger partial charge in [-0.2, -0.15) is 18.2 Å². The maximum atomic E-state index is 10.6. The van der Waals surface area contributed by atoms with Crippen molar-refractivity contribution >= 4 is 5.97 Å². The summed E-state index contributed by atoms with van der Waals surface area (Å²) in [5.41, 5.74) is 2.46. The number of nitrogens with one attached hydrogen (secondary N) is 1. The van der Waals surface area contributed by atoms with Crippen molar-refractivity contribution in [3.63, 3.8) is 0 Å². The highest BCUT2D eigenvalue weighted by molar-refractivity contribution is 5.73. The SMILES string of the molecule is CCCCCCCCCCc1ccc(-c2noc([C@H]3CCCNC3)n2)cc1.O=C(O)C(F)(F)F. The molecule has 190 valence electrons. The van der Waals surface area contributed by atoms with Crippen molar-refractivity contribution in [2.45, 2.75) is 89.6 Å². The van der Waals surface area contributed by atoms with Gasteiger partial charge in [0.25, 0.3) is 0 Å². The number of hydrogen-bond acceptors (Lipinski definition) is 5. The third-order valence-corrected chi connectivity index (χ3v) is 5.86. The summed E-state index contributed by atoms with van der Waals surface area (Å²) in [7, 11) is 0. The third-order valence-electron chi connectivity index (χ3n) is 5.86. The lowest BCUT2D eigenvalue weighted by atomic mass is 10.00. The first-order valence-corrected chi connectivity index (χ1v) is 12.2. The van der Waals surface area contributed by atoms with Crippen molar-refractivity contribution in [3.8, 4) is 11.4 Å². The third kappa shape index (κ3) is 10.2. The predicted molar refractivity (Wildman–Crippen MR) is 125 cm³/mol. The second kappa shape index (κ2) is 14.8. The maximum absolute atomic E-state index is 10.6. The number of benzene rings is 1. The molecule has 1 atom stereocenters. The lowest BCUT2D eigenvalue weighted by molar-refractivity contribution is -0.192. The van der Waals surface area contributed by atoms with Crippen LogP contribution in [0.1, 0.15) is 88.5 Å². The number of unbranched alkanes of at least 4 members (excludes halogenated alkanes) is 7. The van der Waals surface area contributed by atoms with Gasteiger partial charge >= 0.3 is 12.1 Å². The van der Waals surface area contributed by atoms with Crippen molar-refractivity contribution in [1.82, 2.24) is 15.5 Å². The monoisotopic (exact) mass is 483 g/mol. The molecule has 1 aromatic carbocycles. The quantitative estimate of drug-likeness (QED) is 0.354. The number of nitrogens with zero attached hydrogens (tertiary/aromatic N) is 2. The maximum Gasteiger partial charge on any atom is 0.490 e. The molecule has 1 aliphatic rings. The van der Waals surface area contributed by atoms with Gasteiger partial charge in [0.05, 0.1) is 5.92 Å². The van der Waals surface area contributed by atoms with Crippen LogP contribution in [0.15, 0.2) is 28.8 Å². The second-order valence-electron chi connectivity index (χ2n) is 8.72. The average molecular weight is 484 g/mol. The van der Waals surface area contributed by atoms with Crippen molar-refractivity contribution in [3.05, 3.63) is 35.7 Å². The van der Waals surface area contributed by atoms with Gasteiger partial charge in [-0.25, -0.2) is 4.79 Å². The molecule has 6 nitrogen and oxygen atoms in total. The fourth-order valence-corrected chi connectivity index (χ4v) is 3.86. The van der Waals surface area contributed by atoms with Crippen LogP contribution < -0.4 is 5.32 Å². The van der Waals surface area contributed by atoms with Crippen LogP contribution in [0.3, 0.4) is 0 Å². The summed E-state index contributed by atoms with van der Waals surface area (Å²) in [4.78, 5) is 13.5. The van der Waals surface area contributed by atoms with Crippen molar-refractivity contribution in [2.24, 2.45) is 0 Å². The molecular formula is C25H36F3N3O3. The number of hydrogen-bond donors (Lipinski definition) is 2. The van der Waals surface area contributed by atoms with E-state index in [0.29, 0.717) is 11.7 Å². The molecule has 0 amide bonds. The minimum atomic E-state index is -5.08. The smallest absolute Gasteiger partial charge is 0.475 e. The summed E-state index contributed by atoms with van der Waals surface area (Å²) in [6.45, 7) is 4.31. The molecule has 3 rings (SSSR count). The molecule has 1 fully saturated rings. The van der Waals surface area contributed by atoms with Crippen molar-refractivity contribution in [2.75, 3.05) is 13.1 Å². The van der Waals surface area contributed by atoms with E-state index in [9.17, 15) is 13.2 Å². The van der Waals surface area contributed by atoms with Crippen molar-refractivity contribution in [1.29, 1.82) is 0 Å². The predicted octanol–water partition coefficient (Wildman–Crippen LogP) is 6.52. The highest BCUT2D eigenvalue weighted by Crippen LogP contribution is 2.25. The summed E-state index contributed by atoms with van der Waals surface area (Å²) in [6, 6.07) is 8.70. The van der Waals surface area contributed by atoms with Crippen LogP contribution >= 0.6 is 0 Å². The van der Waals surface area contributed by atoms with Gasteiger partial charge in [0, 0.05) is 12.1 Å². The van der Waals surface area contributed by atoms with Gasteiger partial charge in [0.15, 0.2) is 0 Å². The second-order valence-corrected chi connectivity index (χ2v) is 8.72. The number of alkyl halides is 3.